The van der Waals surface area contributed by atoms with E-state index in [0.29, 0.717) is 12.0 Å². The number of hydrogen-bond donors (Lipinski definition) is 1. The summed E-state index contributed by atoms with van der Waals surface area (Å²) >= 11 is 0. The zero-order chi connectivity index (χ0) is 12.2. The standard InChI is InChI=1S/C13H28N2O/c1-5-16-11-13(4,9-14)15-8-6-7-12(2,3)10-15/h5-11,14H2,1-4H3. The SMILES string of the molecule is CCOCC(C)(CN)N1CCCC(C)(C)C1. The lowest BCUT2D eigenvalue weighted by molar-refractivity contribution is -0.0263. The van der Waals surface area contributed by atoms with Gasteiger partial charge in [0.1, 0.15) is 0 Å². The summed E-state index contributed by atoms with van der Waals surface area (Å²) < 4.78 is 5.59. The molecule has 0 amide bonds. The van der Waals surface area contributed by atoms with Crippen LogP contribution in [-0.4, -0.2) is 43.3 Å². The van der Waals surface area contributed by atoms with Gasteiger partial charge in [-0.15, -0.1) is 0 Å². The van der Waals surface area contributed by atoms with E-state index < -0.39 is 0 Å². The maximum atomic E-state index is 5.95. The summed E-state index contributed by atoms with van der Waals surface area (Å²) in [6.45, 7) is 13.4. The molecule has 1 saturated heterocycles. The molecule has 1 heterocycles. The lowest BCUT2D eigenvalue weighted by Gasteiger charge is -2.47. The molecular formula is C13H28N2O. The maximum Gasteiger partial charge on any atom is 0.0659 e. The van der Waals surface area contributed by atoms with E-state index in [-0.39, 0.29) is 5.54 Å². The molecule has 3 heteroatoms. The van der Waals surface area contributed by atoms with Crippen LogP contribution >= 0.6 is 0 Å². The summed E-state index contributed by atoms with van der Waals surface area (Å²) in [6, 6.07) is 0. The first kappa shape index (κ1) is 13.9. The van der Waals surface area contributed by atoms with Crippen LogP contribution in [-0.2, 0) is 4.74 Å². The van der Waals surface area contributed by atoms with Gasteiger partial charge in [0.25, 0.3) is 0 Å². The first-order valence-electron chi connectivity index (χ1n) is 6.46. The van der Waals surface area contributed by atoms with Crippen molar-refractivity contribution in [3.63, 3.8) is 0 Å². The van der Waals surface area contributed by atoms with E-state index in [9.17, 15) is 0 Å². The fraction of sp³-hybridized carbons (Fsp3) is 1.00. The molecule has 2 N–H and O–H groups in total. The zero-order valence-electron chi connectivity index (χ0n) is 11.4. The lowest BCUT2D eigenvalue weighted by Crippen LogP contribution is -2.59. The molecule has 1 aliphatic rings. The van der Waals surface area contributed by atoms with Crippen molar-refractivity contribution in [1.29, 1.82) is 0 Å². The molecule has 3 nitrogen and oxygen atoms in total. The van der Waals surface area contributed by atoms with Crippen LogP contribution < -0.4 is 5.73 Å². The molecule has 16 heavy (non-hydrogen) atoms. The summed E-state index contributed by atoms with van der Waals surface area (Å²) in [5, 5.41) is 0. The average Bonchev–Trinajstić information content (AvgIpc) is 2.24. The van der Waals surface area contributed by atoms with Gasteiger partial charge in [-0.1, -0.05) is 13.8 Å². The Balaban J connectivity index is 2.64. The van der Waals surface area contributed by atoms with Crippen LogP contribution in [0.4, 0.5) is 0 Å². The molecule has 96 valence electrons. The summed E-state index contributed by atoms with van der Waals surface area (Å²) in [7, 11) is 0. The van der Waals surface area contributed by atoms with E-state index in [4.69, 9.17) is 10.5 Å². The molecule has 1 atom stereocenters. The Labute approximate surface area is 100 Å². The van der Waals surface area contributed by atoms with Crippen molar-refractivity contribution in [2.75, 3.05) is 32.8 Å². The van der Waals surface area contributed by atoms with E-state index >= 15 is 0 Å². The monoisotopic (exact) mass is 228 g/mol. The van der Waals surface area contributed by atoms with Gasteiger partial charge >= 0.3 is 0 Å². The van der Waals surface area contributed by atoms with E-state index in [0.717, 1.165) is 26.3 Å². The van der Waals surface area contributed by atoms with Gasteiger partial charge in [0, 0.05) is 19.7 Å². The Hall–Kier alpha value is -0.120. The third-order valence-electron chi connectivity index (χ3n) is 3.72. The van der Waals surface area contributed by atoms with Crippen LogP contribution in [0.25, 0.3) is 0 Å². The van der Waals surface area contributed by atoms with Gasteiger partial charge in [-0.2, -0.15) is 0 Å². The van der Waals surface area contributed by atoms with Crippen molar-refractivity contribution in [3.8, 4) is 0 Å². The number of piperidine rings is 1. The summed E-state index contributed by atoms with van der Waals surface area (Å²) in [5.41, 5.74) is 6.37. The molecule has 0 radical (unpaired) electrons. The highest BCUT2D eigenvalue weighted by Gasteiger charge is 2.37. The maximum absolute atomic E-state index is 5.95. The molecule has 1 fully saturated rings. The van der Waals surface area contributed by atoms with Crippen molar-refractivity contribution in [1.82, 2.24) is 4.90 Å². The van der Waals surface area contributed by atoms with Crippen LogP contribution in [0.3, 0.4) is 0 Å². The summed E-state index contributed by atoms with van der Waals surface area (Å²) in [5.74, 6) is 0. The molecule has 0 aromatic heterocycles. The predicted molar refractivity (Wildman–Crippen MR) is 68.5 cm³/mol. The molecule has 0 aromatic carbocycles. The minimum Gasteiger partial charge on any atom is -0.380 e. The fourth-order valence-electron chi connectivity index (χ4n) is 2.49. The third-order valence-corrected chi connectivity index (χ3v) is 3.72. The normalized spacial score (nSPS) is 25.3. The zero-order valence-corrected chi connectivity index (χ0v) is 11.4. The highest BCUT2D eigenvalue weighted by atomic mass is 16.5. The molecule has 1 aliphatic heterocycles. The molecule has 1 unspecified atom stereocenters. The number of ether oxygens (including phenoxy) is 1. The molecule has 0 saturated carbocycles. The lowest BCUT2D eigenvalue weighted by atomic mass is 9.82. The summed E-state index contributed by atoms with van der Waals surface area (Å²) in [4.78, 5) is 2.52. The molecule has 0 aliphatic carbocycles. The minimum absolute atomic E-state index is 0.00764. The number of rotatable bonds is 5. The van der Waals surface area contributed by atoms with Gasteiger partial charge in [-0.3, -0.25) is 4.90 Å². The fourth-order valence-corrected chi connectivity index (χ4v) is 2.49. The first-order chi connectivity index (χ1) is 7.43. The van der Waals surface area contributed by atoms with E-state index in [2.05, 4.69) is 25.7 Å². The minimum atomic E-state index is 0.00764. The van der Waals surface area contributed by atoms with Gasteiger partial charge in [-0.05, 0) is 38.6 Å². The Morgan fingerprint density at radius 2 is 2.12 bits per heavy atom. The molecule has 0 bridgehead atoms. The van der Waals surface area contributed by atoms with Gasteiger partial charge in [0.15, 0.2) is 0 Å². The van der Waals surface area contributed by atoms with Crippen molar-refractivity contribution in [2.45, 2.75) is 46.1 Å². The Bertz CT molecular complexity index is 218. The van der Waals surface area contributed by atoms with Crippen LogP contribution in [0.1, 0.15) is 40.5 Å². The van der Waals surface area contributed by atoms with Gasteiger partial charge in [0.05, 0.1) is 12.1 Å². The first-order valence-corrected chi connectivity index (χ1v) is 6.46. The van der Waals surface area contributed by atoms with Crippen molar-refractivity contribution >= 4 is 0 Å². The Kier molecular flexibility index (Phi) is 4.77. The topological polar surface area (TPSA) is 38.5 Å². The smallest absolute Gasteiger partial charge is 0.0659 e. The number of hydrogen-bond acceptors (Lipinski definition) is 3. The van der Waals surface area contributed by atoms with Crippen LogP contribution in [0.5, 0.6) is 0 Å². The van der Waals surface area contributed by atoms with Crippen LogP contribution in [0.15, 0.2) is 0 Å². The highest BCUT2D eigenvalue weighted by molar-refractivity contribution is 4.92. The molecular weight excluding hydrogens is 200 g/mol. The second kappa shape index (κ2) is 5.48. The second-order valence-electron chi connectivity index (χ2n) is 6.03. The Morgan fingerprint density at radius 1 is 1.44 bits per heavy atom. The van der Waals surface area contributed by atoms with Crippen molar-refractivity contribution < 1.29 is 4.74 Å². The average molecular weight is 228 g/mol. The van der Waals surface area contributed by atoms with Crippen molar-refractivity contribution in [3.05, 3.63) is 0 Å². The summed E-state index contributed by atoms with van der Waals surface area (Å²) in [6.07, 6.45) is 2.59. The number of nitrogens with two attached hydrogens (primary N) is 1. The highest BCUT2D eigenvalue weighted by Crippen LogP contribution is 2.32. The third kappa shape index (κ3) is 3.44. The number of nitrogens with zero attached hydrogens (tertiary/aromatic N) is 1. The van der Waals surface area contributed by atoms with E-state index in [1.165, 1.54) is 12.8 Å². The largest absolute Gasteiger partial charge is 0.380 e. The van der Waals surface area contributed by atoms with Gasteiger partial charge in [0.2, 0.25) is 0 Å². The van der Waals surface area contributed by atoms with Gasteiger partial charge in [-0.25, -0.2) is 0 Å². The number of likely N-dealkylation sites (tertiary alicyclic amines) is 1. The van der Waals surface area contributed by atoms with Crippen LogP contribution in [0.2, 0.25) is 0 Å². The van der Waals surface area contributed by atoms with Crippen LogP contribution in [0, 0.1) is 5.41 Å². The molecule has 0 spiro atoms. The van der Waals surface area contributed by atoms with Crippen molar-refractivity contribution in [2.24, 2.45) is 11.1 Å². The van der Waals surface area contributed by atoms with E-state index in [1.54, 1.807) is 0 Å². The predicted octanol–water partition coefficient (Wildman–Crippen LogP) is 1.86. The Morgan fingerprint density at radius 3 is 2.62 bits per heavy atom. The quantitative estimate of drug-likeness (QED) is 0.780. The molecule has 0 aromatic rings. The molecule has 1 rings (SSSR count). The van der Waals surface area contributed by atoms with Gasteiger partial charge < -0.3 is 10.5 Å². The van der Waals surface area contributed by atoms with E-state index in [1.807, 2.05) is 6.92 Å². The second-order valence-corrected chi connectivity index (χ2v) is 6.03.